The molecule has 0 saturated carbocycles. The van der Waals surface area contributed by atoms with Crippen molar-refractivity contribution in [3.63, 3.8) is 0 Å². The zero-order valence-electron chi connectivity index (χ0n) is 15.7. The van der Waals surface area contributed by atoms with Gasteiger partial charge < -0.3 is 4.74 Å². The number of hydrogen-bond acceptors (Lipinski definition) is 4. The zero-order valence-corrected chi connectivity index (χ0v) is 17.3. The Labute approximate surface area is 165 Å². The summed E-state index contributed by atoms with van der Waals surface area (Å²) in [6.45, 7) is 4.74. The van der Waals surface area contributed by atoms with Gasteiger partial charge in [0.05, 0.1) is 12.0 Å². The molecule has 1 aromatic carbocycles. The second-order valence-electron chi connectivity index (χ2n) is 7.28. The predicted octanol–water partition coefficient (Wildman–Crippen LogP) is 3.87. The lowest BCUT2D eigenvalue weighted by Crippen LogP contribution is -2.47. The molecule has 1 rings (SSSR count). The van der Waals surface area contributed by atoms with E-state index in [0.29, 0.717) is 12.8 Å². The molecule has 9 heteroatoms. The fraction of sp³-hybridized carbons (Fsp3) is 0.556. The molecule has 1 aromatic rings. The standard InChI is InChI=1S/C18H24BrF3N2O3/c1-16(2,11-27-15(26)18(20,21)22)8-9-17(3,14(25)24-23-4)12-6-5-7-13(19)10-12/h5-7,10,23H,8-9,11H2,1-4H3,(H,24,25). The molecule has 1 unspecified atom stereocenters. The smallest absolute Gasteiger partial charge is 0.458 e. The number of nitrogens with one attached hydrogen (secondary N) is 2. The van der Waals surface area contributed by atoms with Crippen molar-refractivity contribution in [3.05, 3.63) is 34.3 Å². The Morgan fingerprint density at radius 1 is 1.15 bits per heavy atom. The van der Waals surface area contributed by atoms with Crippen LogP contribution in [0.1, 0.15) is 39.2 Å². The van der Waals surface area contributed by atoms with Gasteiger partial charge in [-0.3, -0.25) is 10.2 Å². The first kappa shape index (κ1) is 23.4. The van der Waals surface area contributed by atoms with Gasteiger partial charge in [-0.1, -0.05) is 41.9 Å². The number of esters is 1. The summed E-state index contributed by atoms with van der Waals surface area (Å²) in [5.41, 5.74) is 4.26. The number of hydrazine groups is 1. The van der Waals surface area contributed by atoms with Crippen LogP contribution in [0, 0.1) is 5.41 Å². The molecule has 152 valence electrons. The Kier molecular flexibility index (Phi) is 7.86. The van der Waals surface area contributed by atoms with Crippen LogP contribution in [-0.2, 0) is 19.7 Å². The Balaban J connectivity index is 2.93. The molecule has 1 amide bonds. The molecule has 1 atom stereocenters. The first-order chi connectivity index (χ1) is 12.3. The van der Waals surface area contributed by atoms with Crippen molar-refractivity contribution in [2.75, 3.05) is 13.7 Å². The van der Waals surface area contributed by atoms with Crippen LogP contribution in [0.15, 0.2) is 28.7 Å². The maximum atomic E-state index is 12.7. The molecule has 0 aliphatic carbocycles. The molecule has 27 heavy (non-hydrogen) atoms. The average molecular weight is 453 g/mol. The summed E-state index contributed by atoms with van der Waals surface area (Å²) in [7, 11) is 1.57. The van der Waals surface area contributed by atoms with E-state index in [1.54, 1.807) is 33.9 Å². The van der Waals surface area contributed by atoms with Gasteiger partial charge in [0.2, 0.25) is 5.91 Å². The second-order valence-corrected chi connectivity index (χ2v) is 8.20. The van der Waals surface area contributed by atoms with Gasteiger partial charge in [-0.25, -0.2) is 10.2 Å². The van der Waals surface area contributed by atoms with Crippen molar-refractivity contribution in [1.29, 1.82) is 0 Å². The van der Waals surface area contributed by atoms with Crippen LogP contribution in [0.5, 0.6) is 0 Å². The minimum Gasteiger partial charge on any atom is -0.458 e. The summed E-state index contributed by atoms with van der Waals surface area (Å²) in [4.78, 5) is 23.6. The molecular weight excluding hydrogens is 429 g/mol. The SMILES string of the molecule is CNNC(=O)C(C)(CCC(C)(C)COC(=O)C(F)(F)F)c1cccc(Br)c1. The number of carbonyl (C=O) groups excluding carboxylic acids is 2. The first-order valence-electron chi connectivity index (χ1n) is 8.29. The molecule has 0 aromatic heterocycles. The van der Waals surface area contributed by atoms with Crippen LogP contribution < -0.4 is 10.9 Å². The summed E-state index contributed by atoms with van der Waals surface area (Å²) in [6, 6.07) is 7.28. The van der Waals surface area contributed by atoms with Crippen LogP contribution in [0.3, 0.4) is 0 Å². The monoisotopic (exact) mass is 452 g/mol. The quantitative estimate of drug-likeness (QED) is 0.464. The molecule has 5 nitrogen and oxygen atoms in total. The van der Waals surface area contributed by atoms with Gasteiger partial charge in [-0.2, -0.15) is 13.2 Å². The highest BCUT2D eigenvalue weighted by atomic mass is 79.9. The summed E-state index contributed by atoms with van der Waals surface area (Å²) in [5.74, 6) is -2.48. The number of hydrogen-bond donors (Lipinski definition) is 2. The highest BCUT2D eigenvalue weighted by Gasteiger charge is 2.42. The van der Waals surface area contributed by atoms with E-state index >= 15 is 0 Å². The molecule has 0 spiro atoms. The van der Waals surface area contributed by atoms with Gasteiger partial charge >= 0.3 is 12.1 Å². The van der Waals surface area contributed by atoms with E-state index in [1.165, 1.54) is 0 Å². The lowest BCUT2D eigenvalue weighted by Gasteiger charge is -2.33. The van der Waals surface area contributed by atoms with E-state index in [9.17, 15) is 22.8 Å². The lowest BCUT2D eigenvalue weighted by atomic mass is 9.73. The highest BCUT2D eigenvalue weighted by Crippen LogP contribution is 2.36. The third-order valence-corrected chi connectivity index (χ3v) is 4.82. The van der Waals surface area contributed by atoms with Crippen LogP contribution in [0.4, 0.5) is 13.2 Å². The summed E-state index contributed by atoms with van der Waals surface area (Å²) in [5, 5.41) is 0. The van der Waals surface area contributed by atoms with Gasteiger partial charge in [0.15, 0.2) is 0 Å². The predicted molar refractivity (Wildman–Crippen MR) is 98.7 cm³/mol. The van der Waals surface area contributed by atoms with Gasteiger partial charge in [0, 0.05) is 11.5 Å². The van der Waals surface area contributed by atoms with E-state index in [-0.39, 0.29) is 5.91 Å². The van der Waals surface area contributed by atoms with E-state index in [1.807, 2.05) is 18.2 Å². The van der Waals surface area contributed by atoms with E-state index in [4.69, 9.17) is 0 Å². The molecule has 0 heterocycles. The molecule has 0 radical (unpaired) electrons. The van der Waals surface area contributed by atoms with Gasteiger partial charge in [0.1, 0.15) is 0 Å². The number of halogens is 4. The van der Waals surface area contributed by atoms with Crippen LogP contribution in [0.25, 0.3) is 0 Å². The number of amides is 1. The topological polar surface area (TPSA) is 67.4 Å². The number of alkyl halides is 3. The molecule has 0 aliphatic heterocycles. The second kappa shape index (κ2) is 9.05. The van der Waals surface area contributed by atoms with Crippen LogP contribution in [-0.4, -0.2) is 31.7 Å². The van der Waals surface area contributed by atoms with Gasteiger partial charge in [-0.15, -0.1) is 0 Å². The molecule has 0 aliphatic rings. The average Bonchev–Trinajstić information content (AvgIpc) is 2.57. The van der Waals surface area contributed by atoms with Crippen LogP contribution >= 0.6 is 15.9 Å². The Morgan fingerprint density at radius 2 is 1.78 bits per heavy atom. The third kappa shape index (κ3) is 6.80. The van der Waals surface area contributed by atoms with E-state index in [2.05, 4.69) is 31.5 Å². The first-order valence-corrected chi connectivity index (χ1v) is 9.08. The summed E-state index contributed by atoms with van der Waals surface area (Å²) >= 11 is 3.38. The minimum atomic E-state index is -5.02. The number of rotatable bonds is 8. The fourth-order valence-electron chi connectivity index (χ4n) is 2.48. The molecule has 0 saturated heterocycles. The lowest BCUT2D eigenvalue weighted by molar-refractivity contribution is -0.202. The van der Waals surface area contributed by atoms with Crippen molar-refractivity contribution < 1.29 is 27.5 Å². The van der Waals surface area contributed by atoms with Crippen molar-refractivity contribution in [2.24, 2.45) is 5.41 Å². The van der Waals surface area contributed by atoms with Gasteiger partial charge in [-0.05, 0) is 42.9 Å². The normalized spacial score (nSPS) is 14.4. The fourth-order valence-corrected chi connectivity index (χ4v) is 2.87. The van der Waals surface area contributed by atoms with E-state index in [0.717, 1.165) is 10.0 Å². The molecule has 0 fully saturated rings. The summed E-state index contributed by atoms with van der Waals surface area (Å²) in [6.07, 6.45) is -4.32. The summed E-state index contributed by atoms with van der Waals surface area (Å²) < 4.78 is 42.1. The Hall–Kier alpha value is -1.61. The maximum Gasteiger partial charge on any atom is 0.490 e. The zero-order chi connectivity index (χ0) is 20.9. The molecular formula is C18H24BrF3N2O3. The van der Waals surface area contributed by atoms with Crippen molar-refractivity contribution in [1.82, 2.24) is 10.9 Å². The van der Waals surface area contributed by atoms with Crippen molar-refractivity contribution in [2.45, 2.75) is 45.2 Å². The number of ether oxygens (including phenoxy) is 1. The largest absolute Gasteiger partial charge is 0.490 e. The number of benzene rings is 1. The minimum absolute atomic E-state index is 0.272. The Morgan fingerprint density at radius 3 is 2.30 bits per heavy atom. The Bertz CT molecular complexity index is 680. The van der Waals surface area contributed by atoms with E-state index < -0.39 is 29.6 Å². The van der Waals surface area contributed by atoms with Gasteiger partial charge in [0.25, 0.3) is 0 Å². The molecule has 2 N–H and O–H groups in total. The van der Waals surface area contributed by atoms with Crippen molar-refractivity contribution >= 4 is 27.8 Å². The van der Waals surface area contributed by atoms with Crippen LogP contribution in [0.2, 0.25) is 0 Å². The van der Waals surface area contributed by atoms with Crippen molar-refractivity contribution in [3.8, 4) is 0 Å². The maximum absolute atomic E-state index is 12.7. The number of carbonyl (C=O) groups is 2. The highest BCUT2D eigenvalue weighted by molar-refractivity contribution is 9.10. The molecule has 0 bridgehead atoms. The third-order valence-electron chi connectivity index (χ3n) is 4.33.